The third-order valence-corrected chi connectivity index (χ3v) is 3.77. The molecule has 3 rings (SSSR count). The number of rotatable bonds is 2. The van der Waals surface area contributed by atoms with Crippen LogP contribution < -0.4 is 0 Å². The standard InChI is InChI=1S/C25H23N3O2/c1-24(2,29)16-14-18-8-5-10-20(26-18)22-12-7-13-23(28-22)21-11-6-9-19(27-21)15-17-25(3,4)30/h5-13,29-30H,1-4H3. The molecule has 0 unspecified atom stereocenters. The van der Waals surface area contributed by atoms with Gasteiger partial charge in [-0.3, -0.25) is 0 Å². The fourth-order valence-electron chi connectivity index (χ4n) is 2.45. The second-order valence-corrected chi connectivity index (χ2v) is 7.84. The Hall–Kier alpha value is -3.51. The zero-order valence-corrected chi connectivity index (χ0v) is 17.4. The van der Waals surface area contributed by atoms with Crippen LogP contribution in [-0.4, -0.2) is 36.4 Å². The Labute approximate surface area is 176 Å². The van der Waals surface area contributed by atoms with Crippen LogP contribution in [0.3, 0.4) is 0 Å². The van der Waals surface area contributed by atoms with Gasteiger partial charge in [0.2, 0.25) is 0 Å². The van der Waals surface area contributed by atoms with Gasteiger partial charge in [0.15, 0.2) is 0 Å². The first-order chi connectivity index (χ1) is 14.1. The molecule has 0 fully saturated rings. The normalized spacial score (nSPS) is 11.1. The molecule has 0 aromatic carbocycles. The van der Waals surface area contributed by atoms with Crippen LogP contribution in [0.1, 0.15) is 39.1 Å². The van der Waals surface area contributed by atoms with Gasteiger partial charge < -0.3 is 10.2 Å². The van der Waals surface area contributed by atoms with E-state index in [2.05, 4.69) is 33.6 Å². The van der Waals surface area contributed by atoms with Crippen LogP contribution >= 0.6 is 0 Å². The predicted molar refractivity (Wildman–Crippen MR) is 117 cm³/mol. The molecule has 0 bridgehead atoms. The lowest BCUT2D eigenvalue weighted by Crippen LogP contribution is -2.14. The molecule has 0 amide bonds. The Morgan fingerprint density at radius 1 is 0.567 bits per heavy atom. The van der Waals surface area contributed by atoms with Gasteiger partial charge in [0.1, 0.15) is 22.6 Å². The molecule has 3 heterocycles. The fraction of sp³-hybridized carbons (Fsp3) is 0.240. The third-order valence-electron chi connectivity index (χ3n) is 3.77. The molecule has 3 aromatic rings. The second kappa shape index (κ2) is 8.47. The van der Waals surface area contributed by atoms with Crippen molar-refractivity contribution in [1.82, 2.24) is 15.0 Å². The van der Waals surface area contributed by atoms with E-state index in [0.29, 0.717) is 34.2 Å². The first-order valence-electron chi connectivity index (χ1n) is 9.52. The van der Waals surface area contributed by atoms with Crippen LogP contribution in [0.4, 0.5) is 0 Å². The fourth-order valence-corrected chi connectivity index (χ4v) is 2.45. The quantitative estimate of drug-likeness (QED) is 0.648. The van der Waals surface area contributed by atoms with Crippen molar-refractivity contribution in [2.75, 3.05) is 0 Å². The summed E-state index contributed by atoms with van der Waals surface area (Å²) in [5, 5.41) is 19.6. The average Bonchev–Trinajstić information content (AvgIpc) is 2.70. The van der Waals surface area contributed by atoms with Gasteiger partial charge in [-0.1, -0.05) is 30.0 Å². The first kappa shape index (κ1) is 21.2. The minimum absolute atomic E-state index is 0.559. The molecule has 5 heteroatoms. The van der Waals surface area contributed by atoms with Crippen LogP contribution in [0.5, 0.6) is 0 Å². The minimum Gasteiger partial charge on any atom is -0.378 e. The molecular weight excluding hydrogens is 374 g/mol. The summed E-state index contributed by atoms with van der Waals surface area (Å²) in [6.07, 6.45) is 0. The summed E-state index contributed by atoms with van der Waals surface area (Å²) in [5.41, 5.74) is 1.69. The van der Waals surface area contributed by atoms with Crippen molar-refractivity contribution < 1.29 is 10.2 Å². The van der Waals surface area contributed by atoms with Gasteiger partial charge in [0.25, 0.3) is 0 Å². The summed E-state index contributed by atoms with van der Waals surface area (Å²) >= 11 is 0. The third kappa shape index (κ3) is 6.25. The largest absolute Gasteiger partial charge is 0.378 e. The van der Waals surface area contributed by atoms with Crippen molar-refractivity contribution in [2.45, 2.75) is 38.9 Å². The molecule has 0 aliphatic carbocycles. The van der Waals surface area contributed by atoms with Crippen molar-refractivity contribution in [3.8, 4) is 46.5 Å². The molecule has 0 spiro atoms. The zero-order chi connectivity index (χ0) is 21.8. The van der Waals surface area contributed by atoms with Crippen LogP contribution in [0.25, 0.3) is 22.8 Å². The van der Waals surface area contributed by atoms with E-state index in [-0.39, 0.29) is 0 Å². The Bertz CT molecular complexity index is 1090. The van der Waals surface area contributed by atoms with Crippen LogP contribution in [0.15, 0.2) is 54.6 Å². The van der Waals surface area contributed by atoms with Crippen molar-refractivity contribution in [3.63, 3.8) is 0 Å². The molecule has 150 valence electrons. The highest BCUT2D eigenvalue weighted by Crippen LogP contribution is 2.20. The number of aliphatic hydroxyl groups is 2. The van der Waals surface area contributed by atoms with E-state index in [1.54, 1.807) is 39.8 Å². The van der Waals surface area contributed by atoms with E-state index in [1.807, 2.05) is 42.5 Å². The predicted octanol–water partition coefficient (Wildman–Crippen LogP) is 3.45. The molecular formula is C25H23N3O2. The van der Waals surface area contributed by atoms with Gasteiger partial charge in [0.05, 0.1) is 22.8 Å². The van der Waals surface area contributed by atoms with Gasteiger partial charge in [-0.2, -0.15) is 0 Å². The minimum atomic E-state index is -1.08. The van der Waals surface area contributed by atoms with Crippen molar-refractivity contribution in [3.05, 3.63) is 66.0 Å². The Morgan fingerprint density at radius 2 is 0.900 bits per heavy atom. The summed E-state index contributed by atoms with van der Waals surface area (Å²) in [5.74, 6) is 11.3. The maximum Gasteiger partial charge on any atom is 0.120 e. The SMILES string of the molecule is CC(C)(O)C#Cc1cccc(-c2cccc(-c3cccc(C#CC(C)(C)O)n3)n2)n1. The summed E-state index contributed by atoms with van der Waals surface area (Å²) in [6.45, 7) is 6.51. The van der Waals surface area contributed by atoms with Crippen molar-refractivity contribution in [1.29, 1.82) is 0 Å². The lowest BCUT2D eigenvalue weighted by atomic mass is 10.1. The molecule has 0 aliphatic heterocycles. The molecule has 2 N–H and O–H groups in total. The Balaban J connectivity index is 1.94. The van der Waals surface area contributed by atoms with E-state index < -0.39 is 11.2 Å². The Morgan fingerprint density at radius 3 is 1.27 bits per heavy atom. The van der Waals surface area contributed by atoms with E-state index >= 15 is 0 Å². The lowest BCUT2D eigenvalue weighted by molar-refractivity contribution is 0.143. The molecule has 0 atom stereocenters. The van der Waals surface area contributed by atoms with Gasteiger partial charge in [-0.05, 0) is 75.9 Å². The molecule has 5 nitrogen and oxygen atoms in total. The highest BCUT2D eigenvalue weighted by Gasteiger charge is 2.09. The maximum absolute atomic E-state index is 9.79. The number of hydrogen-bond acceptors (Lipinski definition) is 5. The zero-order valence-electron chi connectivity index (χ0n) is 17.4. The maximum atomic E-state index is 9.79. The van der Waals surface area contributed by atoms with E-state index in [9.17, 15) is 10.2 Å². The monoisotopic (exact) mass is 397 g/mol. The van der Waals surface area contributed by atoms with Crippen LogP contribution in [-0.2, 0) is 0 Å². The van der Waals surface area contributed by atoms with E-state index in [4.69, 9.17) is 4.98 Å². The number of nitrogens with zero attached hydrogens (tertiary/aromatic N) is 3. The van der Waals surface area contributed by atoms with Gasteiger partial charge in [0, 0.05) is 0 Å². The summed E-state index contributed by atoms with van der Waals surface area (Å²) in [7, 11) is 0. The van der Waals surface area contributed by atoms with Gasteiger partial charge in [-0.25, -0.2) is 15.0 Å². The van der Waals surface area contributed by atoms with Gasteiger partial charge in [-0.15, -0.1) is 0 Å². The summed E-state index contributed by atoms with van der Waals surface area (Å²) in [4.78, 5) is 13.8. The highest BCUT2D eigenvalue weighted by atomic mass is 16.3. The molecule has 30 heavy (non-hydrogen) atoms. The smallest absolute Gasteiger partial charge is 0.120 e. The Kier molecular flexibility index (Phi) is 5.99. The summed E-state index contributed by atoms with van der Waals surface area (Å²) < 4.78 is 0. The van der Waals surface area contributed by atoms with Crippen molar-refractivity contribution >= 4 is 0 Å². The van der Waals surface area contributed by atoms with Crippen molar-refractivity contribution in [2.24, 2.45) is 0 Å². The first-order valence-corrected chi connectivity index (χ1v) is 9.52. The van der Waals surface area contributed by atoms with Crippen LogP contribution in [0, 0.1) is 23.7 Å². The van der Waals surface area contributed by atoms with Crippen LogP contribution in [0.2, 0.25) is 0 Å². The summed E-state index contributed by atoms with van der Waals surface area (Å²) in [6, 6.07) is 16.7. The molecule has 3 aromatic heterocycles. The lowest BCUT2D eigenvalue weighted by Gasteiger charge is -2.07. The van der Waals surface area contributed by atoms with Gasteiger partial charge >= 0.3 is 0 Å². The second-order valence-electron chi connectivity index (χ2n) is 7.84. The van der Waals surface area contributed by atoms with E-state index in [0.717, 1.165) is 0 Å². The topological polar surface area (TPSA) is 79.1 Å². The highest BCUT2D eigenvalue weighted by molar-refractivity contribution is 5.62. The number of aromatic nitrogens is 3. The van der Waals surface area contributed by atoms with E-state index in [1.165, 1.54) is 0 Å². The molecule has 0 aliphatic rings. The number of hydrogen-bond donors (Lipinski definition) is 2. The molecule has 0 saturated carbocycles. The molecule has 0 saturated heterocycles. The average molecular weight is 397 g/mol. The molecule has 0 radical (unpaired) electrons. The number of pyridine rings is 3.